The first-order valence-electron chi connectivity index (χ1n) is 3.95. The van der Waals surface area contributed by atoms with Crippen molar-refractivity contribution in [1.29, 1.82) is 0 Å². The number of hydrogen-bond donors (Lipinski definition) is 2. The molecule has 2 rings (SSSR count). The van der Waals surface area contributed by atoms with E-state index in [1.54, 1.807) is 0 Å². The highest BCUT2D eigenvalue weighted by Crippen LogP contribution is 2.42. The smallest absolute Gasteiger partial charge is 0.0241 e. The molecule has 1 fully saturated rings. The molecular weight excluding hydrogens is 126 g/mol. The van der Waals surface area contributed by atoms with Crippen molar-refractivity contribution in [3.63, 3.8) is 0 Å². The molecular formula is C8H13NO. The van der Waals surface area contributed by atoms with Gasteiger partial charge in [-0.05, 0) is 30.6 Å². The van der Waals surface area contributed by atoms with Crippen molar-refractivity contribution in [2.45, 2.75) is 12.8 Å². The van der Waals surface area contributed by atoms with E-state index in [1.165, 1.54) is 12.8 Å². The number of rotatable bonds is 2. The average Bonchev–Trinajstić information content (AvgIpc) is 2.48. The van der Waals surface area contributed by atoms with Gasteiger partial charge < -0.3 is 5.21 Å². The van der Waals surface area contributed by atoms with Crippen molar-refractivity contribution in [3.05, 3.63) is 12.2 Å². The summed E-state index contributed by atoms with van der Waals surface area (Å²) in [5.41, 5.74) is 2.26. The fraction of sp³-hybridized carbons (Fsp3) is 0.750. The monoisotopic (exact) mass is 139 g/mol. The van der Waals surface area contributed by atoms with Gasteiger partial charge in [-0.25, -0.2) is 5.48 Å². The molecule has 10 heavy (non-hydrogen) atoms. The molecule has 56 valence electrons. The second-order valence-electron chi connectivity index (χ2n) is 3.40. The van der Waals surface area contributed by atoms with E-state index in [0.717, 1.165) is 18.4 Å². The lowest BCUT2D eigenvalue weighted by Crippen LogP contribution is -2.22. The maximum absolute atomic E-state index is 8.48. The SMILES string of the molecule is ONCC1CC2C=CC1C2. The molecule has 0 aromatic heterocycles. The number of fused-ring (bicyclic) bond motifs is 2. The number of hydroxylamine groups is 1. The van der Waals surface area contributed by atoms with E-state index in [2.05, 4.69) is 17.6 Å². The Morgan fingerprint density at radius 1 is 1.40 bits per heavy atom. The molecule has 0 aliphatic heterocycles. The lowest BCUT2D eigenvalue weighted by molar-refractivity contribution is 0.142. The summed E-state index contributed by atoms with van der Waals surface area (Å²) in [5.74, 6) is 2.27. The van der Waals surface area contributed by atoms with Crippen LogP contribution >= 0.6 is 0 Å². The average molecular weight is 139 g/mol. The standard InChI is InChI=1S/C8H13NO/c10-9-5-8-4-6-1-2-7(8)3-6/h1-2,6-10H,3-5H2. The summed E-state index contributed by atoms with van der Waals surface area (Å²) in [6.07, 6.45) is 7.22. The summed E-state index contributed by atoms with van der Waals surface area (Å²) in [5, 5.41) is 8.48. The maximum atomic E-state index is 8.48. The molecule has 3 atom stereocenters. The summed E-state index contributed by atoms with van der Waals surface area (Å²) in [7, 11) is 0. The highest BCUT2D eigenvalue weighted by Gasteiger charge is 2.34. The largest absolute Gasteiger partial charge is 0.317 e. The number of nitrogens with one attached hydrogen (secondary N) is 1. The summed E-state index contributed by atoms with van der Waals surface area (Å²) < 4.78 is 0. The van der Waals surface area contributed by atoms with Gasteiger partial charge >= 0.3 is 0 Å². The summed E-state index contributed by atoms with van der Waals surface area (Å²) >= 11 is 0. The Balaban J connectivity index is 1.96. The van der Waals surface area contributed by atoms with Gasteiger partial charge in [-0.3, -0.25) is 0 Å². The van der Waals surface area contributed by atoms with Gasteiger partial charge in [-0.1, -0.05) is 12.2 Å². The first-order chi connectivity index (χ1) is 4.90. The van der Waals surface area contributed by atoms with E-state index in [4.69, 9.17) is 5.21 Å². The minimum Gasteiger partial charge on any atom is -0.317 e. The fourth-order valence-electron chi connectivity index (χ4n) is 2.25. The summed E-state index contributed by atoms with van der Waals surface area (Å²) in [6.45, 7) is 0.769. The lowest BCUT2D eigenvalue weighted by atomic mass is 9.94. The molecule has 1 saturated carbocycles. The van der Waals surface area contributed by atoms with Crippen LogP contribution in [0.4, 0.5) is 0 Å². The highest BCUT2D eigenvalue weighted by atomic mass is 16.5. The van der Waals surface area contributed by atoms with Gasteiger partial charge in [0.2, 0.25) is 0 Å². The van der Waals surface area contributed by atoms with E-state index in [-0.39, 0.29) is 0 Å². The van der Waals surface area contributed by atoms with Crippen molar-refractivity contribution in [2.24, 2.45) is 17.8 Å². The van der Waals surface area contributed by atoms with Crippen molar-refractivity contribution >= 4 is 0 Å². The topological polar surface area (TPSA) is 32.3 Å². The minimum atomic E-state index is 0.694. The third-order valence-electron chi connectivity index (χ3n) is 2.77. The molecule has 2 nitrogen and oxygen atoms in total. The van der Waals surface area contributed by atoms with Crippen LogP contribution in [0.5, 0.6) is 0 Å². The van der Waals surface area contributed by atoms with Crippen molar-refractivity contribution in [3.8, 4) is 0 Å². The molecule has 2 aliphatic carbocycles. The zero-order valence-electron chi connectivity index (χ0n) is 5.96. The van der Waals surface area contributed by atoms with Crippen LogP contribution in [0.3, 0.4) is 0 Å². The third-order valence-corrected chi connectivity index (χ3v) is 2.77. The lowest BCUT2D eigenvalue weighted by Gasteiger charge is -2.15. The molecule has 0 aromatic rings. The zero-order chi connectivity index (χ0) is 6.97. The molecule has 2 aliphatic rings. The summed E-state index contributed by atoms with van der Waals surface area (Å²) in [4.78, 5) is 0. The van der Waals surface area contributed by atoms with Crippen LogP contribution in [-0.4, -0.2) is 11.8 Å². The van der Waals surface area contributed by atoms with Gasteiger partial charge in [0, 0.05) is 6.54 Å². The molecule has 2 bridgehead atoms. The van der Waals surface area contributed by atoms with Gasteiger partial charge in [-0.2, -0.15) is 0 Å². The Morgan fingerprint density at radius 2 is 2.30 bits per heavy atom. The van der Waals surface area contributed by atoms with Gasteiger partial charge in [0.05, 0.1) is 0 Å². The molecule has 0 spiro atoms. The summed E-state index contributed by atoms with van der Waals surface area (Å²) in [6, 6.07) is 0. The molecule has 0 saturated heterocycles. The van der Waals surface area contributed by atoms with Crippen LogP contribution in [0.25, 0.3) is 0 Å². The number of hydrogen-bond acceptors (Lipinski definition) is 2. The number of allylic oxidation sites excluding steroid dienone is 2. The maximum Gasteiger partial charge on any atom is 0.0241 e. The molecule has 2 heteroatoms. The quantitative estimate of drug-likeness (QED) is 0.444. The van der Waals surface area contributed by atoms with Gasteiger partial charge in [-0.15, -0.1) is 0 Å². The molecule has 0 radical (unpaired) electrons. The first-order valence-corrected chi connectivity index (χ1v) is 3.95. The Kier molecular flexibility index (Phi) is 1.51. The Hall–Kier alpha value is -0.340. The highest BCUT2D eigenvalue weighted by molar-refractivity contribution is 5.10. The van der Waals surface area contributed by atoms with Crippen molar-refractivity contribution in [2.75, 3.05) is 6.54 Å². The van der Waals surface area contributed by atoms with Crippen LogP contribution in [0.2, 0.25) is 0 Å². The third kappa shape index (κ3) is 0.879. The van der Waals surface area contributed by atoms with E-state index in [0.29, 0.717) is 5.92 Å². The Morgan fingerprint density at radius 3 is 2.80 bits per heavy atom. The van der Waals surface area contributed by atoms with Gasteiger partial charge in [0.25, 0.3) is 0 Å². The van der Waals surface area contributed by atoms with Crippen molar-refractivity contribution < 1.29 is 5.21 Å². The second-order valence-corrected chi connectivity index (χ2v) is 3.40. The molecule has 0 aromatic carbocycles. The predicted molar refractivity (Wildman–Crippen MR) is 38.6 cm³/mol. The molecule has 0 amide bonds. The van der Waals surface area contributed by atoms with E-state index in [1.807, 2.05) is 0 Å². The second kappa shape index (κ2) is 2.36. The Labute approximate surface area is 60.9 Å². The van der Waals surface area contributed by atoms with Crippen LogP contribution in [0, 0.1) is 17.8 Å². The van der Waals surface area contributed by atoms with E-state index < -0.39 is 0 Å². The molecule has 3 unspecified atom stereocenters. The molecule has 2 N–H and O–H groups in total. The van der Waals surface area contributed by atoms with Gasteiger partial charge in [0.15, 0.2) is 0 Å². The normalized spacial score (nSPS) is 43.1. The van der Waals surface area contributed by atoms with Crippen LogP contribution < -0.4 is 5.48 Å². The zero-order valence-corrected chi connectivity index (χ0v) is 5.96. The van der Waals surface area contributed by atoms with Gasteiger partial charge in [0.1, 0.15) is 0 Å². The van der Waals surface area contributed by atoms with Crippen LogP contribution in [-0.2, 0) is 0 Å². The molecule has 0 heterocycles. The van der Waals surface area contributed by atoms with E-state index >= 15 is 0 Å². The van der Waals surface area contributed by atoms with Crippen LogP contribution in [0.1, 0.15) is 12.8 Å². The van der Waals surface area contributed by atoms with Crippen molar-refractivity contribution in [1.82, 2.24) is 5.48 Å². The van der Waals surface area contributed by atoms with Crippen LogP contribution in [0.15, 0.2) is 12.2 Å². The predicted octanol–water partition coefficient (Wildman–Crippen LogP) is 1.18. The fourth-order valence-corrected chi connectivity index (χ4v) is 2.25. The minimum absolute atomic E-state index is 0.694. The Bertz CT molecular complexity index is 155. The first kappa shape index (κ1) is 6.38. The van der Waals surface area contributed by atoms with E-state index in [9.17, 15) is 0 Å².